The summed E-state index contributed by atoms with van der Waals surface area (Å²) in [7, 11) is 0. The van der Waals surface area contributed by atoms with E-state index >= 15 is 0 Å². The second-order valence-electron chi connectivity index (χ2n) is 5.80. The van der Waals surface area contributed by atoms with E-state index in [1.807, 2.05) is 0 Å². The van der Waals surface area contributed by atoms with Gasteiger partial charge in [-0.05, 0) is 42.6 Å². The summed E-state index contributed by atoms with van der Waals surface area (Å²) in [4.78, 5) is 0. The molecule has 0 unspecified atom stereocenters. The van der Waals surface area contributed by atoms with Crippen molar-refractivity contribution in [1.82, 2.24) is 4.37 Å². The number of anilines is 2. The Balaban J connectivity index is 1.50. The van der Waals surface area contributed by atoms with E-state index in [2.05, 4.69) is 9.69 Å². The van der Waals surface area contributed by atoms with E-state index in [1.54, 1.807) is 11.5 Å². The Morgan fingerprint density at radius 3 is 2.67 bits per heavy atom. The third-order valence-electron chi connectivity index (χ3n) is 4.30. The van der Waals surface area contributed by atoms with Gasteiger partial charge in [-0.15, -0.1) is 0 Å². The predicted octanol–water partition coefficient (Wildman–Crippen LogP) is 3.99. The lowest BCUT2D eigenvalue weighted by Crippen LogP contribution is -2.12. The smallest absolute Gasteiger partial charge is 0.142 e. The van der Waals surface area contributed by atoms with Crippen LogP contribution in [-0.2, 0) is 0 Å². The van der Waals surface area contributed by atoms with Crippen LogP contribution in [0.5, 0.6) is 0 Å². The Kier molecular flexibility index (Phi) is 3.73. The Morgan fingerprint density at radius 2 is 1.94 bits per heavy atom. The molecule has 2 aliphatic rings. The molecule has 3 rings (SSSR count). The van der Waals surface area contributed by atoms with Crippen LogP contribution >= 0.6 is 11.5 Å². The molecule has 0 amide bonds. The lowest BCUT2D eigenvalue weighted by atomic mass is 9.87. The standard InChI is InChI=1S/C14H23N3S/c15-13-12(11-6-7-11)14(18-17-13)16-9-8-10-4-2-1-3-5-10/h10-11,16H,1-9H2,(H2,15,17). The van der Waals surface area contributed by atoms with Gasteiger partial charge >= 0.3 is 0 Å². The summed E-state index contributed by atoms with van der Waals surface area (Å²) in [5.41, 5.74) is 7.27. The molecule has 2 aliphatic carbocycles. The summed E-state index contributed by atoms with van der Waals surface area (Å²) >= 11 is 1.54. The van der Waals surface area contributed by atoms with E-state index in [0.29, 0.717) is 5.92 Å². The fourth-order valence-corrected chi connectivity index (χ4v) is 3.89. The van der Waals surface area contributed by atoms with Crippen molar-refractivity contribution >= 4 is 22.4 Å². The van der Waals surface area contributed by atoms with Crippen LogP contribution in [0.3, 0.4) is 0 Å². The fraction of sp³-hybridized carbons (Fsp3) is 0.786. The second-order valence-corrected chi connectivity index (χ2v) is 6.58. The van der Waals surface area contributed by atoms with Gasteiger partial charge in [0.25, 0.3) is 0 Å². The molecule has 0 saturated heterocycles. The normalized spacial score (nSPS) is 21.1. The molecule has 0 atom stereocenters. The van der Waals surface area contributed by atoms with Gasteiger partial charge in [-0.1, -0.05) is 32.1 Å². The molecule has 4 heteroatoms. The molecule has 0 aromatic carbocycles. The van der Waals surface area contributed by atoms with Gasteiger partial charge in [0, 0.05) is 12.1 Å². The molecule has 0 bridgehead atoms. The van der Waals surface area contributed by atoms with Crippen LogP contribution in [0.25, 0.3) is 0 Å². The van der Waals surface area contributed by atoms with Gasteiger partial charge in [-0.25, -0.2) is 0 Å². The summed E-state index contributed by atoms with van der Waals surface area (Å²) in [5, 5.41) is 4.82. The summed E-state index contributed by atoms with van der Waals surface area (Å²) in [5.74, 6) is 2.41. The minimum absolute atomic E-state index is 0.695. The van der Waals surface area contributed by atoms with Crippen molar-refractivity contribution in [3.8, 4) is 0 Å². The highest BCUT2D eigenvalue weighted by Gasteiger charge is 2.30. The number of aromatic nitrogens is 1. The monoisotopic (exact) mass is 265 g/mol. The van der Waals surface area contributed by atoms with Gasteiger partial charge in [-0.3, -0.25) is 0 Å². The van der Waals surface area contributed by atoms with Crippen molar-refractivity contribution < 1.29 is 0 Å². The lowest BCUT2D eigenvalue weighted by Gasteiger charge is -2.21. The largest absolute Gasteiger partial charge is 0.383 e. The summed E-state index contributed by atoms with van der Waals surface area (Å²) in [6.07, 6.45) is 11.1. The van der Waals surface area contributed by atoms with Crippen LogP contribution in [0.4, 0.5) is 10.8 Å². The molecule has 1 aromatic heterocycles. The Hall–Kier alpha value is -0.770. The molecular weight excluding hydrogens is 242 g/mol. The summed E-state index contributed by atoms with van der Waals surface area (Å²) < 4.78 is 4.30. The zero-order valence-electron chi connectivity index (χ0n) is 11.0. The van der Waals surface area contributed by atoms with E-state index in [9.17, 15) is 0 Å². The topological polar surface area (TPSA) is 50.9 Å². The first-order chi connectivity index (χ1) is 8.84. The number of nitrogens with zero attached hydrogens (tertiary/aromatic N) is 1. The molecule has 0 aliphatic heterocycles. The second kappa shape index (κ2) is 5.47. The van der Waals surface area contributed by atoms with E-state index in [1.165, 1.54) is 61.9 Å². The molecule has 100 valence electrons. The molecule has 18 heavy (non-hydrogen) atoms. The number of nitrogen functional groups attached to an aromatic ring is 1. The maximum atomic E-state index is 5.96. The highest BCUT2D eigenvalue weighted by molar-refractivity contribution is 7.10. The van der Waals surface area contributed by atoms with Crippen LogP contribution in [0.1, 0.15) is 62.8 Å². The molecule has 1 heterocycles. The van der Waals surface area contributed by atoms with E-state index in [-0.39, 0.29) is 0 Å². The van der Waals surface area contributed by atoms with Crippen molar-refractivity contribution in [2.24, 2.45) is 5.92 Å². The SMILES string of the molecule is Nc1nsc(NCCC2CCCCC2)c1C1CC1. The number of hydrogen-bond donors (Lipinski definition) is 2. The highest BCUT2D eigenvalue weighted by Crippen LogP contribution is 2.47. The molecule has 3 N–H and O–H groups in total. The number of nitrogens with one attached hydrogen (secondary N) is 1. The van der Waals surface area contributed by atoms with Gasteiger partial charge in [-0.2, -0.15) is 4.37 Å². The molecule has 1 aromatic rings. The minimum atomic E-state index is 0.695. The molecule has 0 radical (unpaired) electrons. The summed E-state index contributed by atoms with van der Waals surface area (Å²) in [6.45, 7) is 1.09. The van der Waals surface area contributed by atoms with Crippen LogP contribution in [-0.4, -0.2) is 10.9 Å². The van der Waals surface area contributed by atoms with E-state index in [4.69, 9.17) is 5.73 Å². The van der Waals surface area contributed by atoms with Crippen molar-refractivity contribution in [3.05, 3.63) is 5.56 Å². The van der Waals surface area contributed by atoms with Gasteiger partial charge < -0.3 is 11.1 Å². The van der Waals surface area contributed by atoms with Gasteiger partial charge in [0.2, 0.25) is 0 Å². The van der Waals surface area contributed by atoms with Gasteiger partial charge in [0.1, 0.15) is 10.8 Å². The van der Waals surface area contributed by atoms with Crippen LogP contribution in [0.15, 0.2) is 0 Å². The minimum Gasteiger partial charge on any atom is -0.383 e. The first kappa shape index (κ1) is 12.3. The van der Waals surface area contributed by atoms with Crippen molar-refractivity contribution in [2.75, 3.05) is 17.6 Å². The molecule has 0 spiro atoms. The molecule has 3 nitrogen and oxygen atoms in total. The zero-order valence-corrected chi connectivity index (χ0v) is 11.8. The van der Waals surface area contributed by atoms with Crippen molar-refractivity contribution in [2.45, 2.75) is 57.3 Å². The number of nitrogens with two attached hydrogens (primary N) is 1. The Labute approximate surface area is 113 Å². The first-order valence-electron chi connectivity index (χ1n) is 7.33. The number of hydrogen-bond acceptors (Lipinski definition) is 4. The maximum absolute atomic E-state index is 5.96. The third-order valence-corrected chi connectivity index (χ3v) is 5.14. The first-order valence-corrected chi connectivity index (χ1v) is 8.11. The lowest BCUT2D eigenvalue weighted by molar-refractivity contribution is 0.345. The average molecular weight is 265 g/mol. The highest BCUT2D eigenvalue weighted by atomic mass is 32.1. The molecule has 2 fully saturated rings. The van der Waals surface area contributed by atoms with Crippen molar-refractivity contribution in [1.29, 1.82) is 0 Å². The van der Waals surface area contributed by atoms with Gasteiger partial charge in [0.15, 0.2) is 0 Å². The van der Waals surface area contributed by atoms with E-state index < -0.39 is 0 Å². The fourth-order valence-electron chi connectivity index (χ4n) is 3.07. The molecule has 2 saturated carbocycles. The third kappa shape index (κ3) is 2.79. The quantitative estimate of drug-likeness (QED) is 0.846. The number of rotatable bonds is 5. The zero-order chi connectivity index (χ0) is 12.4. The van der Waals surface area contributed by atoms with E-state index in [0.717, 1.165) is 18.3 Å². The van der Waals surface area contributed by atoms with Crippen LogP contribution in [0, 0.1) is 5.92 Å². The Bertz CT molecular complexity index is 392. The Morgan fingerprint density at radius 1 is 1.17 bits per heavy atom. The predicted molar refractivity (Wildman–Crippen MR) is 78.2 cm³/mol. The molecular formula is C14H23N3S. The van der Waals surface area contributed by atoms with Crippen LogP contribution in [0.2, 0.25) is 0 Å². The van der Waals surface area contributed by atoms with Crippen molar-refractivity contribution in [3.63, 3.8) is 0 Å². The maximum Gasteiger partial charge on any atom is 0.142 e. The van der Waals surface area contributed by atoms with Gasteiger partial charge in [0.05, 0.1) is 0 Å². The average Bonchev–Trinajstić information content (AvgIpc) is 3.16. The van der Waals surface area contributed by atoms with Crippen LogP contribution < -0.4 is 11.1 Å². The summed E-state index contributed by atoms with van der Waals surface area (Å²) in [6, 6.07) is 0.